The van der Waals surface area contributed by atoms with Crippen molar-refractivity contribution in [3.05, 3.63) is 48.6 Å². The minimum Gasteiger partial charge on any atom is -0.457 e. The summed E-state index contributed by atoms with van der Waals surface area (Å²) in [4.78, 5) is 22.6. The van der Waals surface area contributed by atoms with Crippen molar-refractivity contribution in [1.29, 1.82) is 0 Å². The highest BCUT2D eigenvalue weighted by molar-refractivity contribution is 7.47. The lowest BCUT2D eigenvalue weighted by Crippen LogP contribution is -2.29. The van der Waals surface area contributed by atoms with Gasteiger partial charge in [0, 0.05) is 13.0 Å². The standard InChI is InChI=1S/C45H83O9P/c1-3-5-7-9-11-13-15-16-17-18-19-20-21-22-23-24-25-26-27-29-31-33-35-37-45(48)54-44(42-53-55(49,50)52-40-43(47)39-46)41-51-38-36-34-32-30-28-14-12-10-8-6-4-2/h5,7,11,13,16-17,19-20,43-44,46-47H,3-4,6,8-10,12,14-15,18,21-42H2,1-2H3,(H,49,50)/b7-5-,13-11-,17-16-,20-19-. The normalized spacial score (nSPS) is 14.5. The highest BCUT2D eigenvalue weighted by atomic mass is 31.2. The molecule has 55 heavy (non-hydrogen) atoms. The number of carbonyl (C=O) groups is 1. The van der Waals surface area contributed by atoms with E-state index in [4.69, 9.17) is 23.6 Å². The Bertz CT molecular complexity index is 997. The highest BCUT2D eigenvalue weighted by Gasteiger charge is 2.26. The van der Waals surface area contributed by atoms with Crippen LogP contribution in [0, 0.1) is 0 Å². The highest BCUT2D eigenvalue weighted by Crippen LogP contribution is 2.43. The van der Waals surface area contributed by atoms with Crippen molar-refractivity contribution in [3.63, 3.8) is 0 Å². The number of hydrogen-bond donors (Lipinski definition) is 3. The molecule has 3 atom stereocenters. The number of carbonyl (C=O) groups excluding carboxylic acids is 1. The third-order valence-electron chi connectivity index (χ3n) is 9.28. The second-order valence-corrected chi connectivity index (χ2v) is 16.1. The van der Waals surface area contributed by atoms with Crippen molar-refractivity contribution < 1.29 is 43.0 Å². The molecule has 0 aliphatic carbocycles. The van der Waals surface area contributed by atoms with Crippen molar-refractivity contribution >= 4 is 13.8 Å². The van der Waals surface area contributed by atoms with Gasteiger partial charge in [-0.2, -0.15) is 0 Å². The maximum Gasteiger partial charge on any atom is 0.472 e. The van der Waals surface area contributed by atoms with E-state index >= 15 is 0 Å². The summed E-state index contributed by atoms with van der Waals surface area (Å²) < 4.78 is 33.3. The zero-order valence-corrected chi connectivity index (χ0v) is 36.0. The van der Waals surface area contributed by atoms with Crippen LogP contribution in [0.2, 0.25) is 0 Å². The molecule has 0 saturated carbocycles. The van der Waals surface area contributed by atoms with Crippen molar-refractivity contribution in [2.45, 2.75) is 199 Å². The van der Waals surface area contributed by atoms with Gasteiger partial charge in [-0.1, -0.05) is 178 Å². The molecule has 322 valence electrons. The van der Waals surface area contributed by atoms with Gasteiger partial charge in [0.2, 0.25) is 0 Å². The van der Waals surface area contributed by atoms with Gasteiger partial charge in [-0.15, -0.1) is 0 Å². The Hall–Kier alpha value is -1.58. The summed E-state index contributed by atoms with van der Waals surface area (Å²) in [5, 5.41) is 18.3. The number of unbranched alkanes of at least 4 members (excludes halogenated alkanes) is 20. The molecule has 0 aliphatic heterocycles. The lowest BCUT2D eigenvalue weighted by Gasteiger charge is -2.20. The van der Waals surface area contributed by atoms with Crippen LogP contribution >= 0.6 is 7.82 Å². The Kier molecular flexibility index (Phi) is 40.8. The quantitative estimate of drug-likeness (QED) is 0.0239. The zero-order chi connectivity index (χ0) is 40.3. The van der Waals surface area contributed by atoms with E-state index < -0.39 is 33.2 Å². The van der Waals surface area contributed by atoms with E-state index in [2.05, 4.69) is 62.5 Å². The lowest BCUT2D eigenvalue weighted by atomic mass is 10.0. The monoisotopic (exact) mass is 799 g/mol. The van der Waals surface area contributed by atoms with Gasteiger partial charge >= 0.3 is 13.8 Å². The lowest BCUT2D eigenvalue weighted by molar-refractivity contribution is -0.154. The van der Waals surface area contributed by atoms with Gasteiger partial charge in [0.05, 0.1) is 26.4 Å². The first-order valence-electron chi connectivity index (χ1n) is 22.1. The molecule has 0 fully saturated rings. The molecule has 0 aromatic heterocycles. The topological polar surface area (TPSA) is 132 Å². The molecule has 10 heteroatoms. The van der Waals surface area contributed by atoms with E-state index in [1.54, 1.807) is 0 Å². The van der Waals surface area contributed by atoms with Crippen LogP contribution in [0.25, 0.3) is 0 Å². The number of phosphoric acid groups is 1. The Balaban J connectivity index is 4.09. The molecule has 0 aliphatic rings. The molecule has 0 aromatic carbocycles. The van der Waals surface area contributed by atoms with Crippen LogP contribution in [-0.2, 0) is 27.9 Å². The van der Waals surface area contributed by atoms with Crippen LogP contribution in [-0.4, -0.2) is 66.3 Å². The van der Waals surface area contributed by atoms with Crippen LogP contribution < -0.4 is 0 Å². The average Bonchev–Trinajstić information content (AvgIpc) is 3.18. The van der Waals surface area contributed by atoms with Crippen molar-refractivity contribution in [1.82, 2.24) is 0 Å². The van der Waals surface area contributed by atoms with E-state index in [1.807, 2.05) is 0 Å². The first-order valence-corrected chi connectivity index (χ1v) is 23.6. The summed E-state index contributed by atoms with van der Waals surface area (Å²) in [7, 11) is -4.51. The fourth-order valence-electron chi connectivity index (χ4n) is 5.93. The van der Waals surface area contributed by atoms with Crippen LogP contribution in [0.15, 0.2) is 48.6 Å². The van der Waals surface area contributed by atoms with Crippen molar-refractivity contribution in [2.75, 3.05) is 33.0 Å². The SMILES string of the molecule is CC/C=C\C/C=C\C/C=C\C/C=C\CCCCCCCCCCCCC(=O)OC(COCCCCCCCCCCCCC)COP(=O)(O)OCC(O)CO. The Morgan fingerprint density at radius 3 is 1.56 bits per heavy atom. The summed E-state index contributed by atoms with van der Waals surface area (Å²) >= 11 is 0. The molecule has 0 amide bonds. The summed E-state index contributed by atoms with van der Waals surface area (Å²) in [6.45, 7) is 3.41. The predicted octanol–water partition coefficient (Wildman–Crippen LogP) is 12.2. The predicted molar refractivity (Wildman–Crippen MR) is 228 cm³/mol. The number of esters is 1. The maximum absolute atomic E-state index is 12.6. The van der Waals surface area contributed by atoms with Crippen LogP contribution in [0.5, 0.6) is 0 Å². The van der Waals surface area contributed by atoms with E-state index in [0.29, 0.717) is 6.61 Å². The number of rotatable bonds is 42. The van der Waals surface area contributed by atoms with Gasteiger partial charge < -0.3 is 24.6 Å². The summed E-state index contributed by atoms with van der Waals surface area (Å²) in [6, 6.07) is 0. The first-order chi connectivity index (χ1) is 26.8. The first kappa shape index (κ1) is 53.4. The number of aliphatic hydroxyl groups excluding tert-OH is 2. The minimum absolute atomic E-state index is 0.0488. The molecule has 0 bridgehead atoms. The van der Waals surface area contributed by atoms with Gasteiger partial charge in [-0.05, 0) is 51.4 Å². The van der Waals surface area contributed by atoms with Gasteiger partial charge in [0.25, 0.3) is 0 Å². The minimum atomic E-state index is -4.51. The molecule has 0 rings (SSSR count). The molecule has 0 saturated heterocycles. The molecule has 3 unspecified atom stereocenters. The zero-order valence-electron chi connectivity index (χ0n) is 35.1. The van der Waals surface area contributed by atoms with E-state index in [1.165, 1.54) is 96.3 Å². The van der Waals surface area contributed by atoms with Crippen LogP contribution in [0.4, 0.5) is 0 Å². The van der Waals surface area contributed by atoms with Crippen molar-refractivity contribution in [2.24, 2.45) is 0 Å². The molecule has 3 N–H and O–H groups in total. The van der Waals surface area contributed by atoms with E-state index in [9.17, 15) is 19.4 Å². The van der Waals surface area contributed by atoms with E-state index in [0.717, 1.165) is 70.6 Å². The molecule has 0 aromatic rings. The number of ether oxygens (including phenoxy) is 2. The van der Waals surface area contributed by atoms with Crippen LogP contribution in [0.1, 0.15) is 187 Å². The van der Waals surface area contributed by atoms with Crippen LogP contribution in [0.3, 0.4) is 0 Å². The van der Waals surface area contributed by atoms with Gasteiger partial charge in [-0.3, -0.25) is 13.8 Å². The largest absolute Gasteiger partial charge is 0.472 e. The second kappa shape index (κ2) is 42.0. The van der Waals surface area contributed by atoms with Crippen molar-refractivity contribution in [3.8, 4) is 0 Å². The summed E-state index contributed by atoms with van der Waals surface area (Å²) in [5.74, 6) is -0.387. The third-order valence-corrected chi connectivity index (χ3v) is 10.2. The fourth-order valence-corrected chi connectivity index (χ4v) is 6.72. The maximum atomic E-state index is 12.6. The fraction of sp³-hybridized carbons (Fsp3) is 0.800. The Labute approximate surface area is 337 Å². The van der Waals surface area contributed by atoms with Gasteiger partial charge in [0.1, 0.15) is 12.2 Å². The number of aliphatic hydroxyl groups is 2. The Morgan fingerprint density at radius 2 is 1.04 bits per heavy atom. The average molecular weight is 799 g/mol. The second-order valence-electron chi connectivity index (χ2n) is 14.7. The van der Waals surface area contributed by atoms with Gasteiger partial charge in [0.15, 0.2) is 0 Å². The molecule has 9 nitrogen and oxygen atoms in total. The molecular weight excluding hydrogens is 715 g/mol. The molecule has 0 spiro atoms. The smallest absolute Gasteiger partial charge is 0.457 e. The number of allylic oxidation sites excluding steroid dienone is 8. The molecular formula is C45H83O9P. The molecule has 0 radical (unpaired) electrons. The Morgan fingerprint density at radius 1 is 0.582 bits per heavy atom. The molecule has 0 heterocycles. The number of hydrogen-bond acceptors (Lipinski definition) is 8. The number of phosphoric ester groups is 1. The third kappa shape index (κ3) is 41.9. The van der Waals surface area contributed by atoms with Gasteiger partial charge in [-0.25, -0.2) is 4.57 Å². The van der Waals surface area contributed by atoms with E-state index in [-0.39, 0.29) is 25.6 Å². The summed E-state index contributed by atoms with van der Waals surface area (Å²) in [6.07, 6.45) is 46.4. The summed E-state index contributed by atoms with van der Waals surface area (Å²) in [5.41, 5.74) is 0.